The Morgan fingerprint density at radius 1 is 0.886 bits per heavy atom. The molecule has 44 heavy (non-hydrogen) atoms. The molecule has 0 saturated carbocycles. The first-order valence-electron chi connectivity index (χ1n) is 16.7. The van der Waals surface area contributed by atoms with Crippen molar-refractivity contribution in [2.75, 3.05) is 31.7 Å². The Bertz CT molecular complexity index is 1550. The molecule has 4 rings (SSSR count). The Kier molecular flexibility index (Phi) is 11.7. The molecule has 0 radical (unpaired) electrons. The van der Waals surface area contributed by atoms with Crippen molar-refractivity contribution in [3.8, 4) is 22.9 Å². The summed E-state index contributed by atoms with van der Waals surface area (Å²) in [6, 6.07) is 12.7. The summed E-state index contributed by atoms with van der Waals surface area (Å²) in [7, 11) is 1.68. The molecule has 0 atom stereocenters. The molecule has 0 amide bonds. The minimum absolute atomic E-state index is 0.185. The van der Waals surface area contributed by atoms with Gasteiger partial charge in [0.05, 0.1) is 25.0 Å². The van der Waals surface area contributed by atoms with E-state index in [1.54, 1.807) is 7.11 Å². The minimum atomic E-state index is -0.185. The van der Waals surface area contributed by atoms with Gasteiger partial charge in [0.1, 0.15) is 11.5 Å². The first-order chi connectivity index (χ1) is 21.2. The summed E-state index contributed by atoms with van der Waals surface area (Å²) in [5.74, 6) is 2.15. The molecule has 0 aliphatic heterocycles. The quantitative estimate of drug-likeness (QED) is 0.121. The van der Waals surface area contributed by atoms with Gasteiger partial charge in [0, 0.05) is 35.5 Å². The van der Waals surface area contributed by atoms with Crippen molar-refractivity contribution in [3.05, 3.63) is 58.4 Å². The molecule has 4 aromatic rings. The zero-order chi connectivity index (χ0) is 31.7. The maximum absolute atomic E-state index is 6.06. The number of benzene rings is 2. The fraction of sp³-hybridized carbons (Fsp3) is 0.541. The van der Waals surface area contributed by atoms with Crippen LogP contribution in [0.15, 0.2) is 36.4 Å². The number of nitrogens with zero attached hydrogens (tertiary/aromatic N) is 5. The number of aromatic nitrogens is 4. The lowest BCUT2D eigenvalue weighted by atomic mass is 9.90. The van der Waals surface area contributed by atoms with E-state index in [1.807, 2.05) is 22.7 Å². The highest BCUT2D eigenvalue weighted by Crippen LogP contribution is 2.33. The van der Waals surface area contributed by atoms with Gasteiger partial charge >= 0.3 is 0 Å². The van der Waals surface area contributed by atoms with E-state index in [1.165, 1.54) is 56.2 Å². The SMILES string of the molecule is CCCCCCCCOc1ccc(-c2nnc3/c(=C\c4ccc(N(CC)CCCC)cc4C)c(C(C)(C)C)nn23)c(OC)c1. The predicted octanol–water partition coefficient (Wildman–Crippen LogP) is 8.32. The molecule has 0 bridgehead atoms. The second-order valence-electron chi connectivity index (χ2n) is 12.9. The molecule has 0 N–H and O–H groups in total. The van der Waals surface area contributed by atoms with Crippen molar-refractivity contribution >= 4 is 17.4 Å². The van der Waals surface area contributed by atoms with Gasteiger partial charge in [-0.25, -0.2) is 0 Å². The standard InChI is InChI=1S/C37H53N5O2/c1-9-12-14-15-16-17-23-44-30-20-21-31(33(26-30)43-8)35-38-39-36-32(34(37(5,6)7)40-42(35)36)25-28-18-19-29(24-27(28)4)41(11-3)22-13-10-2/h18-21,24-26H,9-17,22-23H2,1-8H3/b32-25-. The van der Waals surface area contributed by atoms with E-state index in [2.05, 4.69) is 87.8 Å². The van der Waals surface area contributed by atoms with E-state index in [0.717, 1.165) is 52.9 Å². The number of fused-ring (bicyclic) bond motifs is 1. The van der Waals surface area contributed by atoms with Gasteiger partial charge < -0.3 is 14.4 Å². The number of anilines is 1. The van der Waals surface area contributed by atoms with Crippen LogP contribution in [0.1, 0.15) is 110 Å². The average molecular weight is 600 g/mol. The highest BCUT2D eigenvalue weighted by atomic mass is 16.5. The van der Waals surface area contributed by atoms with Crippen LogP contribution in [0.25, 0.3) is 23.1 Å². The van der Waals surface area contributed by atoms with E-state index in [4.69, 9.17) is 14.6 Å². The van der Waals surface area contributed by atoms with Gasteiger partial charge in [-0.2, -0.15) is 9.61 Å². The van der Waals surface area contributed by atoms with Crippen molar-refractivity contribution in [1.29, 1.82) is 0 Å². The third kappa shape index (κ3) is 7.91. The van der Waals surface area contributed by atoms with E-state index >= 15 is 0 Å². The number of ether oxygens (including phenoxy) is 2. The number of unbranched alkanes of at least 4 members (excludes halogenated alkanes) is 6. The summed E-state index contributed by atoms with van der Waals surface area (Å²) in [4.78, 5) is 2.45. The summed E-state index contributed by atoms with van der Waals surface area (Å²) < 4.78 is 13.7. The largest absolute Gasteiger partial charge is 0.496 e. The second kappa shape index (κ2) is 15.4. The van der Waals surface area contributed by atoms with Crippen LogP contribution in [0.2, 0.25) is 0 Å². The molecule has 0 unspecified atom stereocenters. The predicted molar refractivity (Wildman–Crippen MR) is 183 cm³/mol. The zero-order valence-corrected chi connectivity index (χ0v) is 28.4. The maximum Gasteiger partial charge on any atom is 0.189 e. The normalized spacial score (nSPS) is 12.3. The van der Waals surface area contributed by atoms with Gasteiger partial charge in [-0.05, 0) is 68.2 Å². The number of aryl methyl sites for hydroxylation is 1. The van der Waals surface area contributed by atoms with Crippen molar-refractivity contribution in [2.24, 2.45) is 0 Å². The van der Waals surface area contributed by atoms with E-state index in [0.29, 0.717) is 18.2 Å². The Balaban J connectivity index is 1.66. The van der Waals surface area contributed by atoms with Crippen LogP contribution < -0.4 is 19.6 Å². The molecule has 7 nitrogen and oxygen atoms in total. The zero-order valence-electron chi connectivity index (χ0n) is 28.4. The Hall–Kier alpha value is -3.61. The molecular weight excluding hydrogens is 546 g/mol. The summed E-state index contributed by atoms with van der Waals surface area (Å²) in [6.45, 7) is 18.3. The number of methoxy groups -OCH3 is 1. The van der Waals surface area contributed by atoms with Crippen LogP contribution in [-0.4, -0.2) is 46.6 Å². The van der Waals surface area contributed by atoms with Gasteiger partial charge in [-0.3, -0.25) is 0 Å². The highest BCUT2D eigenvalue weighted by Gasteiger charge is 2.25. The Morgan fingerprint density at radius 3 is 2.32 bits per heavy atom. The molecule has 2 aromatic heterocycles. The van der Waals surface area contributed by atoms with Crippen molar-refractivity contribution in [1.82, 2.24) is 19.8 Å². The summed E-state index contributed by atoms with van der Waals surface area (Å²) in [6.07, 6.45) is 12.0. The maximum atomic E-state index is 6.06. The fourth-order valence-electron chi connectivity index (χ4n) is 5.67. The van der Waals surface area contributed by atoms with Crippen molar-refractivity contribution in [3.63, 3.8) is 0 Å². The molecule has 0 aliphatic carbocycles. The van der Waals surface area contributed by atoms with Gasteiger partial charge in [0.15, 0.2) is 11.5 Å². The third-order valence-corrected chi connectivity index (χ3v) is 8.31. The molecule has 0 spiro atoms. The van der Waals surface area contributed by atoms with Crippen LogP contribution in [0.3, 0.4) is 0 Å². The van der Waals surface area contributed by atoms with Crippen LogP contribution in [-0.2, 0) is 5.41 Å². The van der Waals surface area contributed by atoms with E-state index < -0.39 is 0 Å². The topological polar surface area (TPSA) is 64.8 Å². The third-order valence-electron chi connectivity index (χ3n) is 8.31. The average Bonchev–Trinajstić information content (AvgIpc) is 3.58. The monoisotopic (exact) mass is 599 g/mol. The van der Waals surface area contributed by atoms with Gasteiger partial charge in [0.25, 0.3) is 0 Å². The van der Waals surface area contributed by atoms with Gasteiger partial charge in [-0.15, -0.1) is 10.2 Å². The summed E-state index contributed by atoms with van der Waals surface area (Å²) in [5.41, 5.74) is 6.05. The molecule has 7 heteroatoms. The van der Waals surface area contributed by atoms with Crippen LogP contribution in [0.5, 0.6) is 11.5 Å². The number of hydrogen-bond acceptors (Lipinski definition) is 6. The lowest BCUT2D eigenvalue weighted by Gasteiger charge is -2.23. The fourth-order valence-corrected chi connectivity index (χ4v) is 5.67. The molecule has 2 heterocycles. The lowest BCUT2D eigenvalue weighted by Crippen LogP contribution is -2.24. The molecule has 0 fully saturated rings. The second-order valence-corrected chi connectivity index (χ2v) is 12.9. The minimum Gasteiger partial charge on any atom is -0.496 e. The van der Waals surface area contributed by atoms with Crippen LogP contribution in [0, 0.1) is 6.92 Å². The molecule has 0 saturated heterocycles. The van der Waals surface area contributed by atoms with Crippen LogP contribution in [0.4, 0.5) is 5.69 Å². The van der Waals surface area contributed by atoms with Crippen molar-refractivity contribution in [2.45, 2.75) is 105 Å². The molecule has 0 aliphatic rings. The first kappa shape index (κ1) is 33.3. The first-order valence-corrected chi connectivity index (χ1v) is 16.7. The summed E-state index contributed by atoms with van der Waals surface area (Å²) >= 11 is 0. The van der Waals surface area contributed by atoms with Crippen molar-refractivity contribution < 1.29 is 9.47 Å². The Labute approximate surface area is 264 Å². The summed E-state index contributed by atoms with van der Waals surface area (Å²) in [5, 5.41) is 15.4. The molecular formula is C37H53N5O2. The lowest BCUT2D eigenvalue weighted by molar-refractivity contribution is 0.302. The van der Waals surface area contributed by atoms with E-state index in [9.17, 15) is 0 Å². The Morgan fingerprint density at radius 2 is 1.64 bits per heavy atom. The van der Waals surface area contributed by atoms with Gasteiger partial charge in [0.2, 0.25) is 0 Å². The van der Waals surface area contributed by atoms with Gasteiger partial charge in [-0.1, -0.05) is 79.2 Å². The van der Waals surface area contributed by atoms with Crippen LogP contribution >= 0.6 is 0 Å². The number of rotatable bonds is 16. The molecule has 238 valence electrons. The highest BCUT2D eigenvalue weighted by molar-refractivity contribution is 5.70. The molecule has 2 aromatic carbocycles. The van der Waals surface area contributed by atoms with E-state index in [-0.39, 0.29) is 5.41 Å². The smallest absolute Gasteiger partial charge is 0.189 e. The number of hydrogen-bond donors (Lipinski definition) is 0.